The molecule has 5 heteroatoms. The van der Waals surface area contributed by atoms with E-state index in [4.69, 9.17) is 4.74 Å². The summed E-state index contributed by atoms with van der Waals surface area (Å²) in [6, 6.07) is 14.0. The maximum absolute atomic E-state index is 5.43. The van der Waals surface area contributed by atoms with Crippen molar-refractivity contribution in [2.75, 3.05) is 50.1 Å². The number of anilines is 3. The van der Waals surface area contributed by atoms with E-state index < -0.39 is 0 Å². The summed E-state index contributed by atoms with van der Waals surface area (Å²) in [5, 5.41) is 0. The van der Waals surface area contributed by atoms with Gasteiger partial charge in [-0.2, -0.15) is 0 Å². The van der Waals surface area contributed by atoms with Crippen LogP contribution in [-0.2, 0) is 0 Å². The Morgan fingerprint density at radius 2 is 1.62 bits per heavy atom. The lowest BCUT2D eigenvalue weighted by molar-refractivity contribution is 0.0601. The predicted octanol–water partition coefficient (Wildman–Crippen LogP) is 5.24. The molecule has 0 unspecified atom stereocenters. The third kappa shape index (κ3) is 3.28. The molecule has 4 nitrogen and oxygen atoms in total. The zero-order valence-electron chi connectivity index (χ0n) is 17.9. The number of hydrogen-bond acceptors (Lipinski definition) is 5. The fraction of sp³-hybridized carbons (Fsp3) is 0.500. The van der Waals surface area contributed by atoms with Crippen molar-refractivity contribution in [1.29, 1.82) is 0 Å². The van der Waals surface area contributed by atoms with Crippen molar-refractivity contribution < 1.29 is 4.74 Å². The quantitative estimate of drug-likeness (QED) is 0.688. The van der Waals surface area contributed by atoms with Crippen LogP contribution in [0.5, 0.6) is 5.75 Å². The van der Waals surface area contributed by atoms with Gasteiger partial charge in [-0.05, 0) is 76.2 Å². The van der Waals surface area contributed by atoms with Gasteiger partial charge in [-0.15, -0.1) is 0 Å². The second-order valence-corrected chi connectivity index (χ2v) is 10.2. The van der Waals surface area contributed by atoms with E-state index in [0.717, 1.165) is 5.75 Å². The number of benzene rings is 2. The molecule has 0 atom stereocenters. The van der Waals surface area contributed by atoms with Gasteiger partial charge in [0.05, 0.1) is 18.5 Å². The van der Waals surface area contributed by atoms with Crippen LogP contribution in [0.15, 0.2) is 46.2 Å². The fourth-order valence-corrected chi connectivity index (χ4v) is 6.27. The van der Waals surface area contributed by atoms with Crippen LogP contribution in [-0.4, -0.2) is 51.3 Å². The first kappa shape index (κ1) is 19.1. The standard InChI is InChI=1S/C24H31N3OS/c1-17(2)26-11-9-24(10-12-26)15-27(16-24)18-5-7-20-22(13-18)29-23-14-19(28-4)6-8-21(23)25(20)3/h5-8,13-14,17H,9-12,15-16H2,1-4H3. The molecule has 1 spiro atoms. The molecule has 3 aliphatic rings. The average Bonchev–Trinajstić information content (AvgIpc) is 2.71. The van der Waals surface area contributed by atoms with Crippen LogP contribution in [0.3, 0.4) is 0 Å². The molecule has 3 aliphatic heterocycles. The Hall–Kier alpha value is -1.85. The lowest BCUT2D eigenvalue weighted by Gasteiger charge is -2.55. The monoisotopic (exact) mass is 409 g/mol. The van der Waals surface area contributed by atoms with Crippen LogP contribution in [0.25, 0.3) is 0 Å². The number of hydrogen-bond donors (Lipinski definition) is 0. The zero-order valence-corrected chi connectivity index (χ0v) is 18.8. The maximum Gasteiger partial charge on any atom is 0.120 e. The molecule has 29 heavy (non-hydrogen) atoms. The SMILES string of the molecule is COc1ccc2c(c1)Sc1cc(N3CC4(CCN(C(C)C)CC4)C3)ccc1N2C. The van der Waals surface area contributed by atoms with Crippen LogP contribution >= 0.6 is 11.8 Å². The molecule has 0 radical (unpaired) electrons. The van der Waals surface area contributed by atoms with Crippen LogP contribution in [0.1, 0.15) is 26.7 Å². The summed E-state index contributed by atoms with van der Waals surface area (Å²) >= 11 is 1.86. The van der Waals surface area contributed by atoms with Crippen molar-refractivity contribution in [2.24, 2.45) is 5.41 Å². The highest BCUT2D eigenvalue weighted by molar-refractivity contribution is 7.99. The summed E-state index contributed by atoms with van der Waals surface area (Å²) in [4.78, 5) is 10.1. The average molecular weight is 410 g/mol. The highest BCUT2D eigenvalue weighted by Gasteiger charge is 2.45. The Bertz CT molecular complexity index is 912. The van der Waals surface area contributed by atoms with Gasteiger partial charge in [0.1, 0.15) is 5.75 Å². The smallest absolute Gasteiger partial charge is 0.120 e. The number of ether oxygens (including phenoxy) is 1. The third-order valence-electron chi connectivity index (χ3n) is 7.06. The first-order chi connectivity index (χ1) is 14.0. The minimum atomic E-state index is 0.547. The van der Waals surface area contributed by atoms with Gasteiger partial charge in [-0.1, -0.05) is 11.8 Å². The minimum absolute atomic E-state index is 0.547. The summed E-state index contributed by atoms with van der Waals surface area (Å²) in [5.41, 5.74) is 4.45. The second-order valence-electron chi connectivity index (χ2n) is 9.13. The molecule has 3 heterocycles. The van der Waals surface area contributed by atoms with Crippen molar-refractivity contribution in [3.8, 4) is 5.75 Å². The van der Waals surface area contributed by atoms with Crippen LogP contribution in [0.2, 0.25) is 0 Å². The van der Waals surface area contributed by atoms with E-state index in [-0.39, 0.29) is 0 Å². The molecule has 2 aromatic carbocycles. The summed E-state index contributed by atoms with van der Waals surface area (Å²) in [5.74, 6) is 0.918. The van der Waals surface area contributed by atoms with Gasteiger partial charge in [0.2, 0.25) is 0 Å². The van der Waals surface area contributed by atoms with E-state index in [2.05, 4.69) is 65.9 Å². The molecule has 0 amide bonds. The van der Waals surface area contributed by atoms with Gasteiger partial charge in [0, 0.05) is 47.1 Å². The molecular weight excluding hydrogens is 378 g/mol. The minimum Gasteiger partial charge on any atom is -0.497 e. The van der Waals surface area contributed by atoms with E-state index in [0.29, 0.717) is 11.5 Å². The molecule has 2 aromatic rings. The van der Waals surface area contributed by atoms with E-state index in [1.54, 1.807) is 7.11 Å². The molecule has 2 saturated heterocycles. The number of piperidine rings is 1. The number of nitrogens with zero attached hydrogens (tertiary/aromatic N) is 3. The van der Waals surface area contributed by atoms with Gasteiger partial charge in [0.15, 0.2) is 0 Å². The van der Waals surface area contributed by atoms with Gasteiger partial charge >= 0.3 is 0 Å². The van der Waals surface area contributed by atoms with Crippen LogP contribution in [0, 0.1) is 5.41 Å². The summed E-state index contributed by atoms with van der Waals surface area (Å²) in [6.07, 6.45) is 2.69. The molecule has 154 valence electrons. The van der Waals surface area contributed by atoms with E-state index in [9.17, 15) is 0 Å². The molecule has 0 saturated carbocycles. The topological polar surface area (TPSA) is 19.0 Å². The van der Waals surface area contributed by atoms with Crippen molar-refractivity contribution in [3.05, 3.63) is 36.4 Å². The number of rotatable bonds is 3. The summed E-state index contributed by atoms with van der Waals surface area (Å²) in [6.45, 7) is 9.58. The molecule has 0 N–H and O–H groups in total. The number of fused-ring (bicyclic) bond motifs is 2. The predicted molar refractivity (Wildman–Crippen MR) is 122 cm³/mol. The highest BCUT2D eigenvalue weighted by Crippen LogP contribution is 2.50. The van der Waals surface area contributed by atoms with E-state index in [1.807, 2.05) is 17.8 Å². The summed E-state index contributed by atoms with van der Waals surface area (Å²) < 4.78 is 5.43. The second kappa shape index (κ2) is 7.13. The first-order valence-corrected chi connectivity index (χ1v) is 11.5. The molecule has 0 aromatic heterocycles. The molecule has 0 aliphatic carbocycles. The largest absolute Gasteiger partial charge is 0.497 e. The molecule has 0 bridgehead atoms. The Kier molecular flexibility index (Phi) is 4.71. The Morgan fingerprint density at radius 1 is 0.966 bits per heavy atom. The maximum atomic E-state index is 5.43. The Balaban J connectivity index is 1.31. The van der Waals surface area contributed by atoms with E-state index in [1.165, 1.54) is 65.9 Å². The zero-order chi connectivity index (χ0) is 20.2. The Labute approximate surface area is 178 Å². The number of methoxy groups -OCH3 is 1. The first-order valence-electron chi connectivity index (χ1n) is 10.7. The van der Waals surface area contributed by atoms with Gasteiger partial charge in [-0.25, -0.2) is 0 Å². The van der Waals surface area contributed by atoms with E-state index >= 15 is 0 Å². The van der Waals surface area contributed by atoms with Gasteiger partial charge < -0.3 is 19.4 Å². The van der Waals surface area contributed by atoms with Crippen LogP contribution in [0.4, 0.5) is 17.1 Å². The lowest BCUT2D eigenvalue weighted by Crippen LogP contribution is -2.61. The lowest BCUT2D eigenvalue weighted by atomic mass is 9.71. The van der Waals surface area contributed by atoms with Gasteiger partial charge in [-0.3, -0.25) is 0 Å². The summed E-state index contributed by atoms with van der Waals surface area (Å²) in [7, 11) is 3.89. The van der Waals surface area contributed by atoms with Crippen molar-refractivity contribution >= 4 is 28.8 Å². The number of likely N-dealkylation sites (tertiary alicyclic amines) is 1. The molecule has 2 fully saturated rings. The van der Waals surface area contributed by atoms with Crippen molar-refractivity contribution in [2.45, 2.75) is 42.5 Å². The fourth-order valence-electron chi connectivity index (χ4n) is 5.06. The molecular formula is C24H31N3OS. The van der Waals surface area contributed by atoms with Crippen molar-refractivity contribution in [3.63, 3.8) is 0 Å². The van der Waals surface area contributed by atoms with Gasteiger partial charge in [0.25, 0.3) is 0 Å². The third-order valence-corrected chi connectivity index (χ3v) is 8.15. The van der Waals surface area contributed by atoms with Crippen LogP contribution < -0.4 is 14.5 Å². The van der Waals surface area contributed by atoms with Crippen molar-refractivity contribution in [1.82, 2.24) is 4.90 Å². The normalized spacial score (nSPS) is 20.4. The highest BCUT2D eigenvalue weighted by atomic mass is 32.2. The molecule has 5 rings (SSSR count). The Morgan fingerprint density at radius 3 is 2.28 bits per heavy atom.